The van der Waals surface area contributed by atoms with Crippen LogP contribution in [0.25, 0.3) is 11.0 Å². The molecule has 5 nitrogen and oxygen atoms in total. The van der Waals surface area contributed by atoms with Crippen molar-refractivity contribution in [3.05, 3.63) is 71.1 Å². The van der Waals surface area contributed by atoms with E-state index in [-0.39, 0.29) is 5.43 Å². The number of para-hydroxylation sites is 1. The molecule has 0 amide bonds. The van der Waals surface area contributed by atoms with Gasteiger partial charge in [-0.1, -0.05) is 18.2 Å². The van der Waals surface area contributed by atoms with Crippen molar-refractivity contribution in [1.29, 1.82) is 0 Å². The number of nitrogens with zero attached hydrogens (tertiary/aromatic N) is 2. The van der Waals surface area contributed by atoms with Crippen molar-refractivity contribution in [2.45, 2.75) is 19.4 Å². The highest BCUT2D eigenvalue weighted by molar-refractivity contribution is 5.77. The molecule has 0 saturated carbocycles. The van der Waals surface area contributed by atoms with Crippen molar-refractivity contribution in [3.8, 4) is 5.75 Å². The summed E-state index contributed by atoms with van der Waals surface area (Å²) < 4.78 is 11.2. The monoisotopic (exact) mass is 378 g/mol. The molecule has 0 spiro atoms. The topological polar surface area (TPSA) is 45.9 Å². The zero-order valence-electron chi connectivity index (χ0n) is 16.2. The van der Waals surface area contributed by atoms with Crippen LogP contribution in [0.15, 0.2) is 70.1 Å². The van der Waals surface area contributed by atoms with E-state index in [0.29, 0.717) is 29.4 Å². The molecule has 0 N–H and O–H groups in total. The molecule has 0 bridgehead atoms. The predicted molar refractivity (Wildman–Crippen MR) is 112 cm³/mol. The molecule has 1 saturated heterocycles. The molecule has 3 aromatic rings. The smallest absolute Gasteiger partial charge is 0.192 e. The van der Waals surface area contributed by atoms with Gasteiger partial charge in [0.15, 0.2) is 5.43 Å². The zero-order valence-corrected chi connectivity index (χ0v) is 16.2. The molecule has 1 aromatic heterocycles. The van der Waals surface area contributed by atoms with Gasteiger partial charge >= 0.3 is 0 Å². The summed E-state index contributed by atoms with van der Waals surface area (Å²) in [7, 11) is 0. The normalized spacial score (nSPS) is 16.2. The summed E-state index contributed by atoms with van der Waals surface area (Å²) in [5, 5.41) is 0.560. The fourth-order valence-electron chi connectivity index (χ4n) is 3.74. The van der Waals surface area contributed by atoms with Crippen molar-refractivity contribution in [3.63, 3.8) is 0 Å². The maximum atomic E-state index is 11.9. The van der Waals surface area contributed by atoms with Gasteiger partial charge in [-0.25, -0.2) is 0 Å². The lowest BCUT2D eigenvalue weighted by Crippen LogP contribution is -2.49. The highest BCUT2D eigenvalue weighted by Crippen LogP contribution is 2.20. The molecule has 4 rings (SSSR count). The summed E-state index contributed by atoms with van der Waals surface area (Å²) in [5.41, 5.74) is 1.85. The second kappa shape index (κ2) is 8.48. The standard InChI is InChI=1S/C23H26N2O3/c1-18(24-11-13-25(14-12-24)19-5-3-2-4-6-19)9-15-27-20-7-8-23-21(17-20)22(26)10-16-28-23/h2-8,10,16-18H,9,11-15H2,1H3. The van der Waals surface area contributed by atoms with Crippen LogP contribution >= 0.6 is 0 Å². The third-order valence-corrected chi connectivity index (χ3v) is 5.49. The molecule has 28 heavy (non-hydrogen) atoms. The zero-order chi connectivity index (χ0) is 19.3. The minimum atomic E-state index is -0.0450. The second-order valence-electron chi connectivity index (χ2n) is 7.29. The lowest BCUT2D eigenvalue weighted by molar-refractivity contribution is 0.166. The van der Waals surface area contributed by atoms with E-state index in [0.717, 1.165) is 32.6 Å². The van der Waals surface area contributed by atoms with Crippen LogP contribution in [0.1, 0.15) is 13.3 Å². The lowest BCUT2D eigenvalue weighted by Gasteiger charge is -2.39. The number of benzene rings is 2. The Morgan fingerprint density at radius 1 is 1.04 bits per heavy atom. The Kier molecular flexibility index (Phi) is 5.63. The fourth-order valence-corrected chi connectivity index (χ4v) is 3.74. The van der Waals surface area contributed by atoms with Crippen LogP contribution in [-0.2, 0) is 0 Å². The van der Waals surface area contributed by atoms with Crippen molar-refractivity contribution in [2.75, 3.05) is 37.7 Å². The molecule has 0 radical (unpaired) electrons. The number of piperazine rings is 1. The maximum Gasteiger partial charge on any atom is 0.192 e. The molecule has 1 unspecified atom stereocenters. The molecule has 1 atom stereocenters. The highest BCUT2D eigenvalue weighted by Gasteiger charge is 2.21. The Morgan fingerprint density at radius 3 is 2.61 bits per heavy atom. The van der Waals surface area contributed by atoms with Gasteiger partial charge in [-0.2, -0.15) is 0 Å². The predicted octanol–water partition coefficient (Wildman–Crippen LogP) is 3.77. The number of hydrogen-bond donors (Lipinski definition) is 0. The van der Waals surface area contributed by atoms with E-state index >= 15 is 0 Å². The molecule has 1 aliphatic heterocycles. The van der Waals surface area contributed by atoms with Crippen molar-refractivity contribution in [1.82, 2.24) is 4.90 Å². The first kappa shape index (κ1) is 18.6. The average Bonchev–Trinajstić information content (AvgIpc) is 2.75. The molecule has 2 aromatic carbocycles. The Morgan fingerprint density at radius 2 is 1.82 bits per heavy atom. The van der Waals surface area contributed by atoms with Crippen LogP contribution in [0, 0.1) is 0 Å². The molecule has 1 aliphatic rings. The molecule has 5 heteroatoms. The second-order valence-corrected chi connectivity index (χ2v) is 7.29. The summed E-state index contributed by atoms with van der Waals surface area (Å²) in [6, 6.07) is 17.9. The van der Waals surface area contributed by atoms with Crippen LogP contribution in [-0.4, -0.2) is 43.7 Å². The number of rotatable bonds is 6. The van der Waals surface area contributed by atoms with E-state index < -0.39 is 0 Å². The third kappa shape index (κ3) is 4.20. The van der Waals surface area contributed by atoms with Crippen LogP contribution < -0.4 is 15.1 Å². The molecule has 146 valence electrons. The number of fused-ring (bicyclic) bond motifs is 1. The van der Waals surface area contributed by atoms with Gasteiger partial charge in [-0.3, -0.25) is 9.69 Å². The minimum Gasteiger partial charge on any atom is -0.494 e. The number of hydrogen-bond acceptors (Lipinski definition) is 5. The van der Waals surface area contributed by atoms with E-state index in [9.17, 15) is 4.79 Å². The van der Waals surface area contributed by atoms with Gasteiger partial charge in [0.05, 0.1) is 18.3 Å². The quantitative estimate of drug-likeness (QED) is 0.653. The fraction of sp³-hybridized carbons (Fsp3) is 0.348. The SMILES string of the molecule is CC(CCOc1ccc2occc(=O)c2c1)N1CCN(c2ccccc2)CC1. The number of anilines is 1. The van der Waals surface area contributed by atoms with Gasteiger partial charge in [0, 0.05) is 44.0 Å². The molecular weight excluding hydrogens is 352 g/mol. The first-order chi connectivity index (χ1) is 13.7. The van der Waals surface area contributed by atoms with Gasteiger partial charge in [0.25, 0.3) is 0 Å². The summed E-state index contributed by atoms with van der Waals surface area (Å²) in [6.45, 7) is 7.12. The van der Waals surface area contributed by atoms with Crippen molar-refractivity contribution in [2.24, 2.45) is 0 Å². The van der Waals surface area contributed by atoms with Gasteiger partial charge in [0.2, 0.25) is 0 Å². The Balaban J connectivity index is 1.27. The third-order valence-electron chi connectivity index (χ3n) is 5.49. The number of ether oxygens (including phenoxy) is 1. The first-order valence-electron chi connectivity index (χ1n) is 9.89. The van der Waals surface area contributed by atoms with Crippen LogP contribution in [0.5, 0.6) is 5.75 Å². The summed E-state index contributed by atoms with van der Waals surface area (Å²) >= 11 is 0. The molecular formula is C23H26N2O3. The first-order valence-corrected chi connectivity index (χ1v) is 9.89. The Bertz CT molecular complexity index is 962. The van der Waals surface area contributed by atoms with Crippen LogP contribution in [0.3, 0.4) is 0 Å². The molecule has 1 fully saturated rings. The van der Waals surface area contributed by atoms with Gasteiger partial charge in [-0.05, 0) is 43.7 Å². The lowest BCUT2D eigenvalue weighted by atomic mass is 10.1. The molecule has 2 heterocycles. The maximum absolute atomic E-state index is 11.9. The van der Waals surface area contributed by atoms with E-state index in [1.54, 1.807) is 12.1 Å². The molecule has 0 aliphatic carbocycles. The Labute approximate surface area is 165 Å². The van der Waals surface area contributed by atoms with Gasteiger partial charge in [-0.15, -0.1) is 0 Å². The van der Waals surface area contributed by atoms with E-state index in [1.165, 1.54) is 18.0 Å². The summed E-state index contributed by atoms with van der Waals surface area (Å²) in [6.07, 6.45) is 2.37. The minimum absolute atomic E-state index is 0.0450. The van der Waals surface area contributed by atoms with Crippen LogP contribution in [0.4, 0.5) is 5.69 Å². The summed E-state index contributed by atoms with van der Waals surface area (Å²) in [5.74, 6) is 0.715. The van der Waals surface area contributed by atoms with Crippen molar-refractivity contribution < 1.29 is 9.15 Å². The largest absolute Gasteiger partial charge is 0.494 e. The van der Waals surface area contributed by atoms with E-state index in [1.807, 2.05) is 6.07 Å². The highest BCUT2D eigenvalue weighted by atomic mass is 16.5. The summed E-state index contributed by atoms with van der Waals surface area (Å²) in [4.78, 5) is 16.9. The van der Waals surface area contributed by atoms with Gasteiger partial charge < -0.3 is 14.1 Å². The Hall–Kier alpha value is -2.79. The average molecular weight is 378 g/mol. The van der Waals surface area contributed by atoms with Gasteiger partial charge in [0.1, 0.15) is 11.3 Å². The van der Waals surface area contributed by atoms with E-state index in [4.69, 9.17) is 9.15 Å². The van der Waals surface area contributed by atoms with Crippen LogP contribution in [0.2, 0.25) is 0 Å². The van der Waals surface area contributed by atoms with Crippen molar-refractivity contribution >= 4 is 16.7 Å². The van der Waals surface area contributed by atoms with E-state index in [2.05, 4.69) is 47.1 Å².